The molecule has 0 spiro atoms. The highest BCUT2D eigenvalue weighted by Crippen LogP contribution is 2.15. The van der Waals surface area contributed by atoms with Gasteiger partial charge in [0.2, 0.25) is 17.7 Å². The Labute approximate surface area is 214 Å². The Bertz CT molecular complexity index is 952. The van der Waals surface area contributed by atoms with E-state index in [-0.39, 0.29) is 35.0 Å². The molecule has 0 atom stereocenters. The molecule has 3 aromatic carbocycles. The van der Waals surface area contributed by atoms with Gasteiger partial charge in [0.1, 0.15) is 17.2 Å². The van der Waals surface area contributed by atoms with Gasteiger partial charge in [-0.05, 0) is 72.8 Å². The van der Waals surface area contributed by atoms with Crippen LogP contribution in [0.15, 0.2) is 72.8 Å². The smallest absolute Gasteiger partial charge is 0.324 e. The highest BCUT2D eigenvalue weighted by atomic mass is 31.2. The zero-order valence-electron chi connectivity index (χ0n) is 20.3. The second-order valence-electron chi connectivity index (χ2n) is 6.95. The lowest BCUT2D eigenvalue weighted by molar-refractivity contribution is -0.115. The normalized spacial score (nSPS) is 9.16. The van der Waals surface area contributed by atoms with Crippen molar-refractivity contribution < 1.29 is 44.4 Å². The van der Waals surface area contributed by atoms with Crippen LogP contribution in [0.4, 0.5) is 17.1 Å². The van der Waals surface area contributed by atoms with Gasteiger partial charge >= 0.3 is 8.60 Å². The molecule has 37 heavy (non-hydrogen) atoms. The zero-order chi connectivity index (χ0) is 28.4. The van der Waals surface area contributed by atoms with Gasteiger partial charge in [-0.3, -0.25) is 14.4 Å². The summed E-state index contributed by atoms with van der Waals surface area (Å²) in [5.41, 5.74) is 2.07. The quantitative estimate of drug-likeness (QED) is 0.178. The van der Waals surface area contributed by atoms with Crippen molar-refractivity contribution in [2.75, 3.05) is 16.0 Å². The van der Waals surface area contributed by atoms with Gasteiger partial charge in [-0.15, -0.1) is 0 Å². The molecular formula is C24H30N3O9P. The van der Waals surface area contributed by atoms with Gasteiger partial charge in [0, 0.05) is 37.8 Å². The highest BCUT2D eigenvalue weighted by molar-refractivity contribution is 7.38. The van der Waals surface area contributed by atoms with E-state index in [0.717, 1.165) is 0 Å². The lowest BCUT2D eigenvalue weighted by atomic mass is 10.3. The number of carbonyl (C=O) groups is 3. The fourth-order valence-corrected chi connectivity index (χ4v) is 2.24. The topological polar surface area (TPSA) is 209 Å². The van der Waals surface area contributed by atoms with E-state index in [1.165, 1.54) is 57.2 Å². The fourth-order valence-electron chi connectivity index (χ4n) is 2.24. The van der Waals surface area contributed by atoms with Crippen LogP contribution >= 0.6 is 8.60 Å². The van der Waals surface area contributed by atoms with Crippen LogP contribution in [0, 0.1) is 0 Å². The minimum atomic E-state index is -2.62. The molecule has 3 rings (SSSR count). The molecule has 12 nitrogen and oxygen atoms in total. The molecule has 3 aromatic rings. The number of anilines is 3. The van der Waals surface area contributed by atoms with Crippen molar-refractivity contribution in [3.8, 4) is 17.2 Å². The lowest BCUT2D eigenvalue weighted by Crippen LogP contribution is -2.04. The predicted octanol–water partition coefficient (Wildman–Crippen LogP) is 3.24. The third kappa shape index (κ3) is 19.7. The fraction of sp³-hybridized carbons (Fsp3) is 0.125. The Balaban J connectivity index is 0.000000490. The average Bonchev–Trinajstić information content (AvgIpc) is 2.78. The summed E-state index contributed by atoms with van der Waals surface area (Å²) in [7, 11) is -2.62. The summed E-state index contributed by atoms with van der Waals surface area (Å²) in [6.45, 7) is 4.31. The maximum atomic E-state index is 10.5. The van der Waals surface area contributed by atoms with E-state index in [1.54, 1.807) is 36.4 Å². The van der Waals surface area contributed by atoms with Crippen molar-refractivity contribution in [2.45, 2.75) is 20.8 Å². The number of hydrogen-bond acceptors (Lipinski definition) is 9. The lowest BCUT2D eigenvalue weighted by Gasteiger charge is -1.99. The second-order valence-corrected chi connectivity index (χ2v) is 7.49. The van der Waals surface area contributed by atoms with E-state index in [4.69, 9.17) is 30.0 Å². The Morgan fingerprint density at radius 3 is 0.784 bits per heavy atom. The van der Waals surface area contributed by atoms with Crippen LogP contribution in [0.2, 0.25) is 0 Å². The molecule has 0 aliphatic rings. The number of phenolic OH excluding ortho intramolecular Hbond substituents is 3. The monoisotopic (exact) mass is 535 g/mol. The van der Waals surface area contributed by atoms with Crippen LogP contribution in [0.1, 0.15) is 20.8 Å². The number of phenols is 3. The molecule has 0 saturated heterocycles. The van der Waals surface area contributed by atoms with Crippen LogP contribution in [-0.4, -0.2) is 47.7 Å². The summed E-state index contributed by atoms with van der Waals surface area (Å²) in [4.78, 5) is 53.3. The molecule has 0 aliphatic carbocycles. The number of hydrogen-bond donors (Lipinski definition) is 9. The summed E-state index contributed by atoms with van der Waals surface area (Å²) < 4.78 is 0. The maximum Gasteiger partial charge on any atom is 0.324 e. The average molecular weight is 535 g/mol. The summed E-state index contributed by atoms with van der Waals surface area (Å²) in [5.74, 6) is 0.236. The molecule has 0 aromatic heterocycles. The first-order valence-corrected chi connectivity index (χ1v) is 11.5. The number of benzene rings is 3. The van der Waals surface area contributed by atoms with Gasteiger partial charge in [-0.2, -0.15) is 0 Å². The first-order chi connectivity index (χ1) is 17.3. The molecule has 3 amide bonds. The number of carbonyl (C=O) groups excluding carboxylic acids is 3. The van der Waals surface area contributed by atoms with Crippen molar-refractivity contribution >= 4 is 43.4 Å². The predicted molar refractivity (Wildman–Crippen MR) is 141 cm³/mol. The standard InChI is InChI=1S/3C8H9NO2.H3O3P/c3*1-6(10)9-7-2-4-8(11)5-3-7;1-4(2)3/h3*2-5,11H,1H3,(H,9,10);1-3H. The van der Waals surface area contributed by atoms with Gasteiger partial charge in [0.25, 0.3) is 0 Å². The molecule has 0 unspecified atom stereocenters. The molecule has 0 fully saturated rings. The van der Waals surface area contributed by atoms with Crippen molar-refractivity contribution in [3.63, 3.8) is 0 Å². The van der Waals surface area contributed by atoms with Crippen molar-refractivity contribution in [1.29, 1.82) is 0 Å². The Morgan fingerprint density at radius 2 is 0.649 bits per heavy atom. The Morgan fingerprint density at radius 1 is 0.486 bits per heavy atom. The van der Waals surface area contributed by atoms with Crippen molar-refractivity contribution in [2.24, 2.45) is 0 Å². The van der Waals surface area contributed by atoms with E-state index in [2.05, 4.69) is 16.0 Å². The zero-order valence-corrected chi connectivity index (χ0v) is 21.2. The van der Waals surface area contributed by atoms with Crippen LogP contribution in [0.3, 0.4) is 0 Å². The summed E-state index contributed by atoms with van der Waals surface area (Å²) >= 11 is 0. The summed E-state index contributed by atoms with van der Waals surface area (Å²) in [6, 6.07) is 18.9. The van der Waals surface area contributed by atoms with Gasteiger partial charge in [0.15, 0.2) is 0 Å². The highest BCUT2D eigenvalue weighted by Gasteiger charge is 1.95. The van der Waals surface area contributed by atoms with Crippen LogP contribution in [0.25, 0.3) is 0 Å². The number of aromatic hydroxyl groups is 3. The second kappa shape index (κ2) is 18.1. The minimum absolute atomic E-state index is 0.115. The minimum Gasteiger partial charge on any atom is -0.508 e. The molecule has 13 heteroatoms. The van der Waals surface area contributed by atoms with Gasteiger partial charge < -0.3 is 46.0 Å². The number of rotatable bonds is 3. The summed E-state index contributed by atoms with van der Waals surface area (Å²) in [5, 5.41) is 34.4. The van der Waals surface area contributed by atoms with Crippen LogP contribution in [-0.2, 0) is 14.4 Å². The first-order valence-electron chi connectivity index (χ1n) is 10.3. The largest absolute Gasteiger partial charge is 0.508 e. The Hall–Kier alpha value is -4.22. The molecule has 200 valence electrons. The van der Waals surface area contributed by atoms with Gasteiger partial charge in [-0.1, -0.05) is 0 Å². The Kier molecular flexibility index (Phi) is 16.0. The number of nitrogens with one attached hydrogen (secondary N) is 3. The molecule has 0 bridgehead atoms. The molecule has 9 N–H and O–H groups in total. The van der Waals surface area contributed by atoms with Gasteiger partial charge in [0.05, 0.1) is 0 Å². The van der Waals surface area contributed by atoms with E-state index in [9.17, 15) is 14.4 Å². The van der Waals surface area contributed by atoms with Crippen LogP contribution in [0.5, 0.6) is 17.2 Å². The third-order valence-corrected chi connectivity index (χ3v) is 3.56. The van der Waals surface area contributed by atoms with E-state index in [1.807, 2.05) is 0 Å². The summed E-state index contributed by atoms with van der Waals surface area (Å²) in [6.07, 6.45) is 0. The molecule has 0 saturated carbocycles. The molecular weight excluding hydrogens is 505 g/mol. The maximum absolute atomic E-state index is 10.5. The van der Waals surface area contributed by atoms with E-state index < -0.39 is 8.60 Å². The SMILES string of the molecule is CC(=O)Nc1ccc(O)cc1.CC(=O)Nc1ccc(O)cc1.CC(=O)Nc1ccc(O)cc1.OP(O)O. The first kappa shape index (κ1) is 32.8. The molecule has 0 heterocycles. The van der Waals surface area contributed by atoms with Crippen LogP contribution < -0.4 is 16.0 Å². The van der Waals surface area contributed by atoms with E-state index in [0.29, 0.717) is 17.1 Å². The van der Waals surface area contributed by atoms with Gasteiger partial charge in [-0.25, -0.2) is 0 Å². The van der Waals surface area contributed by atoms with Crippen molar-refractivity contribution in [3.05, 3.63) is 72.8 Å². The van der Waals surface area contributed by atoms with E-state index >= 15 is 0 Å². The molecule has 0 radical (unpaired) electrons. The molecule has 0 aliphatic heterocycles. The number of amides is 3. The van der Waals surface area contributed by atoms with Crippen molar-refractivity contribution in [1.82, 2.24) is 0 Å². The third-order valence-electron chi connectivity index (χ3n) is 3.56.